The first-order valence-corrected chi connectivity index (χ1v) is 7.49. The predicted molar refractivity (Wildman–Crippen MR) is 81.5 cm³/mol. The maximum Gasteiger partial charge on any atom is 0.180 e. The zero-order chi connectivity index (χ0) is 13.8. The van der Waals surface area contributed by atoms with E-state index in [1.165, 1.54) is 0 Å². The van der Waals surface area contributed by atoms with Gasteiger partial charge in [-0.15, -0.1) is 11.3 Å². The number of nitrogens with one attached hydrogen (secondary N) is 2. The predicted octanol–water partition coefficient (Wildman–Crippen LogP) is 2.27. The van der Waals surface area contributed by atoms with Crippen molar-refractivity contribution in [3.8, 4) is 0 Å². The molecule has 0 aliphatic heterocycles. The molecule has 3 rings (SSSR count). The number of rotatable bonds is 6. The van der Waals surface area contributed by atoms with Crippen LogP contribution in [0, 0.1) is 0 Å². The molecule has 3 heterocycles. The van der Waals surface area contributed by atoms with Crippen LogP contribution >= 0.6 is 11.3 Å². The van der Waals surface area contributed by atoms with Gasteiger partial charge in [0.2, 0.25) is 0 Å². The summed E-state index contributed by atoms with van der Waals surface area (Å²) in [5, 5.41) is 8.63. The molecule has 0 aromatic carbocycles. The summed E-state index contributed by atoms with van der Waals surface area (Å²) in [6.45, 7) is 3.68. The molecule has 0 saturated heterocycles. The minimum absolute atomic E-state index is 0.787. The third-order valence-corrected chi connectivity index (χ3v) is 3.52. The third-order valence-electron chi connectivity index (χ3n) is 2.89. The second-order valence-corrected chi connectivity index (χ2v) is 5.04. The number of thiazole rings is 1. The minimum Gasteiger partial charge on any atom is -0.369 e. The Morgan fingerprint density at radius 2 is 2.25 bits per heavy atom. The lowest BCUT2D eigenvalue weighted by atomic mass is 10.3. The number of anilines is 2. The highest BCUT2D eigenvalue weighted by atomic mass is 32.1. The molecule has 0 spiro atoms. The Hall–Kier alpha value is -2.15. The molecule has 0 aliphatic rings. The Morgan fingerprint density at radius 3 is 3.05 bits per heavy atom. The van der Waals surface area contributed by atoms with E-state index in [9.17, 15) is 0 Å². The van der Waals surface area contributed by atoms with Crippen LogP contribution in [0.25, 0.3) is 5.65 Å². The van der Waals surface area contributed by atoms with Crippen LogP contribution in [-0.4, -0.2) is 32.4 Å². The van der Waals surface area contributed by atoms with E-state index in [1.54, 1.807) is 17.5 Å². The van der Waals surface area contributed by atoms with E-state index in [-0.39, 0.29) is 0 Å². The van der Waals surface area contributed by atoms with E-state index in [1.807, 2.05) is 22.3 Å². The first-order valence-electron chi connectivity index (χ1n) is 6.55. The first-order chi connectivity index (χ1) is 9.86. The van der Waals surface area contributed by atoms with E-state index in [0.29, 0.717) is 0 Å². The Bertz CT molecular complexity index is 675. The fourth-order valence-electron chi connectivity index (χ4n) is 1.99. The van der Waals surface area contributed by atoms with Gasteiger partial charge in [-0.25, -0.2) is 15.0 Å². The molecular weight excluding hydrogens is 272 g/mol. The molecule has 20 heavy (non-hydrogen) atoms. The standard InChI is InChI=1S/C13H16N6S/c1-2-14-11-7-19-6-5-16-13(19)12(18-11)15-4-3-10-8-20-9-17-10/h5-9,14H,2-4H2,1H3,(H,15,18). The Labute approximate surface area is 120 Å². The molecule has 0 fully saturated rings. The van der Waals surface area contributed by atoms with E-state index >= 15 is 0 Å². The van der Waals surface area contributed by atoms with Crippen LogP contribution in [0.2, 0.25) is 0 Å². The second kappa shape index (κ2) is 5.87. The molecule has 0 amide bonds. The van der Waals surface area contributed by atoms with Gasteiger partial charge in [0.1, 0.15) is 5.82 Å². The van der Waals surface area contributed by atoms with Gasteiger partial charge in [0, 0.05) is 37.3 Å². The lowest BCUT2D eigenvalue weighted by molar-refractivity contribution is 0.963. The van der Waals surface area contributed by atoms with Crippen molar-refractivity contribution in [3.63, 3.8) is 0 Å². The molecular formula is C13H16N6S. The molecule has 6 nitrogen and oxygen atoms in total. The zero-order valence-corrected chi connectivity index (χ0v) is 12.0. The molecule has 0 aliphatic carbocycles. The maximum absolute atomic E-state index is 4.56. The van der Waals surface area contributed by atoms with Crippen molar-refractivity contribution in [1.29, 1.82) is 0 Å². The van der Waals surface area contributed by atoms with Crippen LogP contribution in [0.1, 0.15) is 12.6 Å². The summed E-state index contributed by atoms with van der Waals surface area (Å²) in [5.41, 5.74) is 3.79. The highest BCUT2D eigenvalue weighted by Gasteiger charge is 2.07. The molecule has 0 unspecified atom stereocenters. The first kappa shape index (κ1) is 12.9. The SMILES string of the molecule is CCNc1cn2ccnc2c(NCCc2cscn2)n1. The van der Waals surface area contributed by atoms with Crippen molar-refractivity contribution in [2.45, 2.75) is 13.3 Å². The number of imidazole rings is 1. The molecule has 0 radical (unpaired) electrons. The fourth-order valence-corrected chi connectivity index (χ4v) is 2.58. The van der Waals surface area contributed by atoms with Gasteiger partial charge in [-0.1, -0.05) is 0 Å². The summed E-state index contributed by atoms with van der Waals surface area (Å²) in [5.74, 6) is 1.64. The summed E-state index contributed by atoms with van der Waals surface area (Å²) in [6, 6.07) is 0. The molecule has 0 atom stereocenters. The quantitative estimate of drug-likeness (QED) is 0.728. The normalized spacial score (nSPS) is 10.8. The van der Waals surface area contributed by atoms with Crippen molar-refractivity contribution in [2.75, 3.05) is 23.7 Å². The maximum atomic E-state index is 4.56. The molecule has 3 aromatic rings. The summed E-state index contributed by atoms with van der Waals surface area (Å²) >= 11 is 1.62. The molecule has 3 aromatic heterocycles. The molecule has 7 heteroatoms. The summed E-state index contributed by atoms with van der Waals surface area (Å²) < 4.78 is 1.97. The van der Waals surface area contributed by atoms with Crippen molar-refractivity contribution < 1.29 is 0 Å². The molecule has 104 valence electrons. The lowest BCUT2D eigenvalue weighted by Crippen LogP contribution is -2.10. The van der Waals surface area contributed by atoms with Crippen LogP contribution in [-0.2, 0) is 6.42 Å². The smallest absolute Gasteiger partial charge is 0.180 e. The van der Waals surface area contributed by atoms with E-state index in [0.717, 1.165) is 42.5 Å². The van der Waals surface area contributed by atoms with Crippen molar-refractivity contribution >= 4 is 28.6 Å². The van der Waals surface area contributed by atoms with Crippen LogP contribution in [0.5, 0.6) is 0 Å². The number of hydrogen-bond donors (Lipinski definition) is 2. The highest BCUT2D eigenvalue weighted by molar-refractivity contribution is 7.07. The number of nitrogens with zero attached hydrogens (tertiary/aromatic N) is 4. The summed E-state index contributed by atoms with van der Waals surface area (Å²) in [4.78, 5) is 13.2. The molecule has 0 saturated carbocycles. The topological polar surface area (TPSA) is 67.1 Å². The Balaban J connectivity index is 1.76. The molecule has 0 bridgehead atoms. The fraction of sp³-hybridized carbons (Fsp3) is 0.308. The number of fused-ring (bicyclic) bond motifs is 1. The molecule has 2 N–H and O–H groups in total. The van der Waals surface area contributed by atoms with Gasteiger partial charge in [0.05, 0.1) is 17.4 Å². The monoisotopic (exact) mass is 288 g/mol. The van der Waals surface area contributed by atoms with Gasteiger partial charge in [-0.3, -0.25) is 0 Å². The number of hydrogen-bond acceptors (Lipinski definition) is 6. The zero-order valence-electron chi connectivity index (χ0n) is 11.2. The second-order valence-electron chi connectivity index (χ2n) is 4.32. The van der Waals surface area contributed by atoms with Gasteiger partial charge in [-0.05, 0) is 6.92 Å². The minimum atomic E-state index is 0.787. The average molecular weight is 288 g/mol. The highest BCUT2D eigenvalue weighted by Crippen LogP contribution is 2.16. The van der Waals surface area contributed by atoms with E-state index < -0.39 is 0 Å². The van der Waals surface area contributed by atoms with Gasteiger partial charge in [-0.2, -0.15) is 0 Å². The van der Waals surface area contributed by atoms with Gasteiger partial charge >= 0.3 is 0 Å². The Kier molecular flexibility index (Phi) is 3.78. The lowest BCUT2D eigenvalue weighted by Gasteiger charge is -2.09. The summed E-state index contributed by atoms with van der Waals surface area (Å²) in [6.07, 6.45) is 6.52. The van der Waals surface area contributed by atoms with Crippen molar-refractivity contribution in [3.05, 3.63) is 35.2 Å². The van der Waals surface area contributed by atoms with Gasteiger partial charge < -0.3 is 15.0 Å². The summed E-state index contributed by atoms with van der Waals surface area (Å²) in [7, 11) is 0. The van der Waals surface area contributed by atoms with Crippen LogP contribution in [0.4, 0.5) is 11.6 Å². The van der Waals surface area contributed by atoms with E-state index in [2.05, 4.69) is 37.9 Å². The van der Waals surface area contributed by atoms with Gasteiger partial charge in [0.25, 0.3) is 0 Å². The van der Waals surface area contributed by atoms with Crippen molar-refractivity contribution in [1.82, 2.24) is 19.4 Å². The van der Waals surface area contributed by atoms with Crippen LogP contribution in [0.3, 0.4) is 0 Å². The number of aromatic nitrogens is 4. The third kappa shape index (κ3) is 2.72. The average Bonchev–Trinajstić information content (AvgIpc) is 3.09. The van der Waals surface area contributed by atoms with E-state index in [4.69, 9.17) is 0 Å². The van der Waals surface area contributed by atoms with Crippen LogP contribution in [0.15, 0.2) is 29.5 Å². The van der Waals surface area contributed by atoms with Crippen molar-refractivity contribution in [2.24, 2.45) is 0 Å². The largest absolute Gasteiger partial charge is 0.369 e. The Morgan fingerprint density at radius 1 is 1.30 bits per heavy atom. The van der Waals surface area contributed by atoms with Crippen LogP contribution < -0.4 is 10.6 Å². The van der Waals surface area contributed by atoms with Gasteiger partial charge in [0.15, 0.2) is 11.5 Å².